The number of Topliss-reactive ketones (excluding diaryl/α,β-unsaturated/α-hetero) is 1. The lowest BCUT2D eigenvalue weighted by atomic mass is 9.78. The molecule has 7 heteroatoms. The van der Waals surface area contributed by atoms with E-state index in [1.54, 1.807) is 24.3 Å². The summed E-state index contributed by atoms with van der Waals surface area (Å²) in [5, 5.41) is 3.34. The molecule has 0 spiro atoms. The number of nitrogens with two attached hydrogens (primary N) is 1. The molecule has 0 amide bonds. The lowest BCUT2D eigenvalue weighted by Crippen LogP contribution is -2.46. The zero-order valence-electron chi connectivity index (χ0n) is 22.9. The maximum absolute atomic E-state index is 13.2. The van der Waals surface area contributed by atoms with E-state index >= 15 is 0 Å². The van der Waals surface area contributed by atoms with Crippen LogP contribution in [0.25, 0.3) is 0 Å². The lowest BCUT2D eigenvalue weighted by molar-refractivity contribution is -0.127. The third kappa shape index (κ3) is 5.60. The number of esters is 2. The van der Waals surface area contributed by atoms with Crippen LogP contribution in [0.5, 0.6) is 0 Å². The van der Waals surface area contributed by atoms with Crippen LogP contribution in [0.3, 0.4) is 0 Å². The topological polar surface area (TPSA) is 108 Å². The molecule has 0 heterocycles. The Morgan fingerprint density at radius 1 is 0.897 bits per heavy atom. The van der Waals surface area contributed by atoms with Gasteiger partial charge < -0.3 is 20.5 Å². The summed E-state index contributed by atoms with van der Waals surface area (Å²) in [6.45, 7) is 5.11. The van der Waals surface area contributed by atoms with Crippen LogP contribution in [0, 0.1) is 23.7 Å². The molecule has 7 atom stereocenters. The van der Waals surface area contributed by atoms with E-state index in [2.05, 4.69) is 19.2 Å². The standard InChI is InChI=1S/C32H40N2O5/c1-3-5-17-34-22-13-11-21(12-14-22)32(37)39-30-25-18-24(23-15-16-27(35)28(23)25)29(30)38-31(36)20-9-7-19(8-10-20)26(33)6-4-2/h7-14,23-26,28-30,34H,3-6,15-18,33H2,1-2H3. The second-order valence-corrected chi connectivity index (χ2v) is 11.4. The van der Waals surface area contributed by atoms with E-state index in [1.807, 2.05) is 24.3 Å². The van der Waals surface area contributed by atoms with Gasteiger partial charge in [0.2, 0.25) is 0 Å². The number of benzene rings is 2. The summed E-state index contributed by atoms with van der Waals surface area (Å²) >= 11 is 0. The molecule has 0 saturated heterocycles. The molecule has 0 aromatic heterocycles. The molecule has 0 radical (unpaired) electrons. The highest BCUT2D eigenvalue weighted by Gasteiger charge is 2.64. The predicted octanol–water partition coefficient (Wildman–Crippen LogP) is 5.69. The van der Waals surface area contributed by atoms with Crippen molar-refractivity contribution in [1.29, 1.82) is 0 Å². The van der Waals surface area contributed by atoms with Crippen molar-refractivity contribution in [2.24, 2.45) is 29.4 Å². The highest BCUT2D eigenvalue weighted by atomic mass is 16.6. The number of anilines is 1. The normalized spacial score (nSPS) is 27.7. The zero-order chi connectivity index (χ0) is 27.5. The summed E-state index contributed by atoms with van der Waals surface area (Å²) in [7, 11) is 0. The molecule has 7 nitrogen and oxygen atoms in total. The predicted molar refractivity (Wildman–Crippen MR) is 149 cm³/mol. The number of ether oxygens (including phenoxy) is 2. The van der Waals surface area contributed by atoms with E-state index in [-0.39, 0.29) is 35.5 Å². The van der Waals surface area contributed by atoms with Crippen molar-refractivity contribution < 1.29 is 23.9 Å². The van der Waals surface area contributed by atoms with E-state index in [0.29, 0.717) is 17.5 Å². The minimum atomic E-state index is -0.630. The van der Waals surface area contributed by atoms with Crippen molar-refractivity contribution in [2.75, 3.05) is 11.9 Å². The summed E-state index contributed by atoms with van der Waals surface area (Å²) < 4.78 is 12.1. The molecule has 0 aliphatic heterocycles. The summed E-state index contributed by atoms with van der Waals surface area (Å²) in [6.07, 6.45) is 4.96. The number of hydrogen-bond acceptors (Lipinski definition) is 7. The Morgan fingerprint density at radius 3 is 2.13 bits per heavy atom. The molecule has 3 N–H and O–H groups in total. The van der Waals surface area contributed by atoms with Crippen molar-refractivity contribution in [1.82, 2.24) is 0 Å². The molecule has 3 saturated carbocycles. The molecule has 2 aromatic rings. The van der Waals surface area contributed by atoms with Crippen molar-refractivity contribution >= 4 is 23.4 Å². The van der Waals surface area contributed by atoms with Crippen molar-refractivity contribution in [3.05, 3.63) is 65.2 Å². The second-order valence-electron chi connectivity index (χ2n) is 11.4. The highest BCUT2D eigenvalue weighted by Crippen LogP contribution is 2.59. The molecule has 3 fully saturated rings. The van der Waals surface area contributed by atoms with Gasteiger partial charge in [0.25, 0.3) is 0 Å². The third-order valence-electron chi connectivity index (χ3n) is 8.92. The van der Waals surface area contributed by atoms with Gasteiger partial charge in [0, 0.05) is 42.4 Å². The van der Waals surface area contributed by atoms with Crippen LogP contribution >= 0.6 is 0 Å². The minimum Gasteiger partial charge on any atom is -0.455 e. The van der Waals surface area contributed by atoms with Gasteiger partial charge in [0.1, 0.15) is 18.0 Å². The van der Waals surface area contributed by atoms with Crippen LogP contribution in [0.15, 0.2) is 48.5 Å². The zero-order valence-corrected chi connectivity index (χ0v) is 22.9. The molecule has 208 valence electrons. The molecular weight excluding hydrogens is 492 g/mol. The van der Waals surface area contributed by atoms with Gasteiger partial charge in [0.15, 0.2) is 0 Å². The number of hydrogen-bond donors (Lipinski definition) is 2. The monoisotopic (exact) mass is 532 g/mol. The maximum atomic E-state index is 13.2. The molecule has 2 bridgehead atoms. The first-order valence-corrected chi connectivity index (χ1v) is 14.5. The Kier molecular flexibility index (Phi) is 8.36. The summed E-state index contributed by atoms with van der Waals surface area (Å²) in [5.74, 6) is -0.639. The highest BCUT2D eigenvalue weighted by molar-refractivity contribution is 5.91. The van der Waals surface area contributed by atoms with E-state index in [9.17, 15) is 14.4 Å². The van der Waals surface area contributed by atoms with Crippen LogP contribution in [-0.4, -0.2) is 36.5 Å². The average Bonchev–Trinajstić information content (AvgIpc) is 3.61. The Hall–Kier alpha value is -3.19. The quantitative estimate of drug-likeness (QED) is 0.283. The van der Waals surface area contributed by atoms with Crippen LogP contribution in [-0.2, 0) is 14.3 Å². The van der Waals surface area contributed by atoms with Gasteiger partial charge in [-0.3, -0.25) is 4.79 Å². The minimum absolute atomic E-state index is 0.0237. The number of rotatable bonds is 11. The number of ketones is 1. The molecular formula is C32H40N2O5. The molecule has 39 heavy (non-hydrogen) atoms. The Bertz CT molecular complexity index is 1180. The van der Waals surface area contributed by atoms with Gasteiger partial charge >= 0.3 is 11.9 Å². The van der Waals surface area contributed by atoms with Crippen molar-refractivity contribution in [3.63, 3.8) is 0 Å². The third-order valence-corrected chi connectivity index (χ3v) is 8.92. The fourth-order valence-corrected chi connectivity index (χ4v) is 6.94. The SMILES string of the molecule is CCCCNc1ccc(C(=O)OC2C3CC(C4CCC(=O)C43)C2OC(=O)c2ccc(C(N)CCC)cc2)cc1. The summed E-state index contributed by atoms with van der Waals surface area (Å²) in [5.41, 5.74) is 9.04. The van der Waals surface area contributed by atoms with Gasteiger partial charge in [0.05, 0.1) is 11.1 Å². The van der Waals surface area contributed by atoms with E-state index in [1.165, 1.54) is 0 Å². The lowest BCUT2D eigenvalue weighted by Gasteiger charge is -2.36. The van der Waals surface area contributed by atoms with Crippen LogP contribution < -0.4 is 11.1 Å². The smallest absolute Gasteiger partial charge is 0.338 e. The first kappa shape index (κ1) is 27.4. The molecule has 7 unspecified atom stereocenters. The first-order chi connectivity index (χ1) is 18.9. The number of fused-ring (bicyclic) bond motifs is 5. The van der Waals surface area contributed by atoms with Gasteiger partial charge in [-0.25, -0.2) is 9.59 Å². The van der Waals surface area contributed by atoms with Crippen LogP contribution in [0.2, 0.25) is 0 Å². The van der Waals surface area contributed by atoms with E-state index in [4.69, 9.17) is 15.2 Å². The number of nitrogens with one attached hydrogen (secondary N) is 1. The van der Waals surface area contributed by atoms with Crippen LogP contribution in [0.4, 0.5) is 5.69 Å². The van der Waals surface area contributed by atoms with E-state index < -0.39 is 24.1 Å². The number of carbonyl (C=O) groups is 3. The van der Waals surface area contributed by atoms with Crippen LogP contribution in [0.1, 0.15) is 91.1 Å². The van der Waals surface area contributed by atoms with Gasteiger partial charge in [-0.2, -0.15) is 0 Å². The maximum Gasteiger partial charge on any atom is 0.338 e. The average molecular weight is 533 g/mol. The largest absolute Gasteiger partial charge is 0.455 e. The van der Waals surface area contributed by atoms with Gasteiger partial charge in [-0.1, -0.05) is 38.8 Å². The van der Waals surface area contributed by atoms with Gasteiger partial charge in [-0.15, -0.1) is 0 Å². The van der Waals surface area contributed by atoms with Crippen molar-refractivity contribution in [3.8, 4) is 0 Å². The molecule has 2 aromatic carbocycles. The molecule has 3 aliphatic carbocycles. The first-order valence-electron chi connectivity index (χ1n) is 14.5. The Morgan fingerprint density at radius 2 is 1.51 bits per heavy atom. The summed E-state index contributed by atoms with van der Waals surface area (Å²) in [6, 6.07) is 14.4. The Labute approximate surface area is 230 Å². The number of carbonyl (C=O) groups excluding carboxylic acids is 3. The second kappa shape index (κ2) is 11.9. The fourth-order valence-electron chi connectivity index (χ4n) is 6.94. The molecule has 5 rings (SSSR count). The van der Waals surface area contributed by atoms with Gasteiger partial charge in [-0.05, 0) is 73.6 Å². The summed E-state index contributed by atoms with van der Waals surface area (Å²) in [4.78, 5) is 39.1. The van der Waals surface area contributed by atoms with E-state index in [0.717, 1.165) is 56.3 Å². The fraction of sp³-hybridized carbons (Fsp3) is 0.531. The molecule has 3 aliphatic rings. The number of unbranched alkanes of at least 4 members (excludes halogenated alkanes) is 1. The Balaban J connectivity index is 1.30. The van der Waals surface area contributed by atoms with Crippen molar-refractivity contribution in [2.45, 2.75) is 77.0 Å².